The van der Waals surface area contributed by atoms with Crippen molar-refractivity contribution in [2.75, 3.05) is 5.32 Å². The molecule has 0 spiro atoms. The van der Waals surface area contributed by atoms with E-state index >= 15 is 0 Å². The first kappa shape index (κ1) is 15.1. The normalized spacial score (nSPS) is 13.6. The van der Waals surface area contributed by atoms with E-state index in [2.05, 4.69) is 20.7 Å². The molecular formula is C17H16N6O2. The van der Waals surface area contributed by atoms with Crippen LogP contribution < -0.4 is 16.2 Å². The fourth-order valence-corrected chi connectivity index (χ4v) is 2.65. The summed E-state index contributed by atoms with van der Waals surface area (Å²) in [5.74, 6) is 0.238. The molecule has 2 amide bonds. The number of anilines is 1. The van der Waals surface area contributed by atoms with Crippen molar-refractivity contribution in [3.8, 4) is 5.69 Å². The van der Waals surface area contributed by atoms with Crippen molar-refractivity contribution in [1.82, 2.24) is 20.1 Å². The van der Waals surface area contributed by atoms with Gasteiger partial charge < -0.3 is 10.7 Å². The van der Waals surface area contributed by atoms with E-state index in [4.69, 9.17) is 5.41 Å². The predicted molar refractivity (Wildman–Crippen MR) is 94.8 cm³/mol. The molecule has 0 bridgehead atoms. The third kappa shape index (κ3) is 2.78. The molecule has 25 heavy (non-hydrogen) atoms. The third-order valence-corrected chi connectivity index (χ3v) is 4.08. The summed E-state index contributed by atoms with van der Waals surface area (Å²) in [6.07, 6.45) is 4.44. The molecule has 0 saturated heterocycles. The summed E-state index contributed by atoms with van der Waals surface area (Å²) in [5.41, 5.74) is 1.24. The van der Waals surface area contributed by atoms with Gasteiger partial charge >= 0.3 is 6.03 Å². The Balaban J connectivity index is 1.78. The average Bonchev–Trinajstić information content (AvgIpc) is 3.37. The number of nitrogens with zero attached hydrogens (tertiary/aromatic N) is 2. The summed E-state index contributed by atoms with van der Waals surface area (Å²) in [6.45, 7) is 0. The van der Waals surface area contributed by atoms with Gasteiger partial charge in [0.1, 0.15) is 5.82 Å². The van der Waals surface area contributed by atoms with Crippen LogP contribution in [0.2, 0.25) is 0 Å². The Kier molecular flexibility index (Phi) is 3.57. The number of aromatic nitrogens is 3. The molecule has 2 aromatic heterocycles. The molecule has 4 N–H and O–H groups in total. The van der Waals surface area contributed by atoms with Crippen molar-refractivity contribution in [3.63, 3.8) is 0 Å². The van der Waals surface area contributed by atoms with Gasteiger partial charge in [0, 0.05) is 18.5 Å². The minimum atomic E-state index is -0.359. The molecular weight excluding hydrogens is 320 g/mol. The van der Waals surface area contributed by atoms with Gasteiger partial charge in [0.25, 0.3) is 5.56 Å². The molecule has 1 aromatic carbocycles. The fourth-order valence-electron chi connectivity index (χ4n) is 2.65. The number of benzene rings is 1. The van der Waals surface area contributed by atoms with E-state index in [0.29, 0.717) is 22.2 Å². The number of hydrogen-bond acceptors (Lipinski definition) is 4. The molecule has 8 heteroatoms. The minimum Gasteiger partial charge on any atom is -0.335 e. The number of fused-ring (bicyclic) bond motifs is 1. The molecule has 4 rings (SSSR count). The van der Waals surface area contributed by atoms with Crippen LogP contribution in [-0.2, 0) is 0 Å². The van der Waals surface area contributed by atoms with Gasteiger partial charge in [-0.3, -0.25) is 15.2 Å². The lowest BCUT2D eigenvalue weighted by molar-refractivity contribution is 0.251. The average molecular weight is 336 g/mol. The molecule has 126 valence electrons. The maximum atomic E-state index is 12.6. The van der Waals surface area contributed by atoms with Crippen LogP contribution in [0.15, 0.2) is 41.3 Å². The number of nitrogens with one attached hydrogen (secondary N) is 4. The lowest BCUT2D eigenvalue weighted by Gasteiger charge is -2.08. The largest absolute Gasteiger partial charge is 0.335 e. The maximum absolute atomic E-state index is 12.6. The Morgan fingerprint density at radius 3 is 2.76 bits per heavy atom. The highest BCUT2D eigenvalue weighted by atomic mass is 16.2. The van der Waals surface area contributed by atoms with E-state index in [-0.39, 0.29) is 23.5 Å². The molecule has 8 nitrogen and oxygen atoms in total. The highest BCUT2D eigenvalue weighted by Crippen LogP contribution is 2.21. The zero-order chi connectivity index (χ0) is 17.4. The van der Waals surface area contributed by atoms with Crippen molar-refractivity contribution in [2.24, 2.45) is 0 Å². The molecule has 3 aromatic rings. The molecule has 0 unspecified atom stereocenters. The van der Waals surface area contributed by atoms with E-state index in [1.807, 2.05) is 18.2 Å². The third-order valence-electron chi connectivity index (χ3n) is 4.08. The number of hydrogen-bond donors (Lipinski definition) is 4. The van der Waals surface area contributed by atoms with Crippen LogP contribution in [0.5, 0.6) is 0 Å². The van der Waals surface area contributed by atoms with Crippen LogP contribution in [0.4, 0.5) is 10.6 Å². The highest BCUT2D eigenvalue weighted by Gasteiger charge is 2.24. The quantitative estimate of drug-likeness (QED) is 0.546. The van der Waals surface area contributed by atoms with Crippen molar-refractivity contribution in [3.05, 3.63) is 52.4 Å². The number of amides is 2. The Morgan fingerprint density at radius 2 is 2.08 bits per heavy atom. The summed E-state index contributed by atoms with van der Waals surface area (Å²) < 4.78 is 1.40. The summed E-state index contributed by atoms with van der Waals surface area (Å²) in [5, 5.41) is 16.5. The zero-order valence-corrected chi connectivity index (χ0v) is 13.2. The van der Waals surface area contributed by atoms with E-state index in [1.165, 1.54) is 10.9 Å². The number of aromatic amines is 1. The van der Waals surface area contributed by atoms with Crippen molar-refractivity contribution < 1.29 is 4.79 Å². The summed E-state index contributed by atoms with van der Waals surface area (Å²) in [6, 6.07) is 8.99. The van der Waals surface area contributed by atoms with Gasteiger partial charge in [-0.2, -0.15) is 0 Å². The van der Waals surface area contributed by atoms with E-state index in [1.54, 1.807) is 12.1 Å². The molecule has 1 saturated carbocycles. The maximum Gasteiger partial charge on any atom is 0.320 e. The predicted octanol–water partition coefficient (Wildman–Crippen LogP) is 2.00. The second kappa shape index (κ2) is 5.90. The first-order valence-corrected chi connectivity index (χ1v) is 7.94. The Hall–Kier alpha value is -3.42. The minimum absolute atomic E-state index is 0.214. The second-order valence-corrected chi connectivity index (χ2v) is 5.91. The van der Waals surface area contributed by atoms with Crippen molar-refractivity contribution in [1.29, 1.82) is 5.41 Å². The molecule has 0 aliphatic heterocycles. The number of H-pyrrole nitrogens is 1. The first-order valence-electron chi connectivity index (χ1n) is 7.94. The Bertz CT molecular complexity index is 1020. The smallest absolute Gasteiger partial charge is 0.320 e. The number of carbonyl (C=O) groups excluding carboxylic acids is 1. The standard InChI is InChI=1S/C17H16N6O2/c18-8-12-14-13(9-19-15(12)21-17(25)20-10-6-7-10)16(24)23(22-14)11-4-2-1-3-5-11/h1-5,8-10,18,22H,6-7H2,(H2,19,20,21,25). The number of pyridine rings is 1. The summed E-state index contributed by atoms with van der Waals surface area (Å²) in [7, 11) is 0. The van der Waals surface area contributed by atoms with Gasteiger partial charge in [-0.1, -0.05) is 18.2 Å². The van der Waals surface area contributed by atoms with Gasteiger partial charge in [0.2, 0.25) is 0 Å². The van der Waals surface area contributed by atoms with Crippen molar-refractivity contribution >= 4 is 29.0 Å². The van der Waals surface area contributed by atoms with E-state index in [0.717, 1.165) is 19.1 Å². The van der Waals surface area contributed by atoms with Crippen LogP contribution in [-0.4, -0.2) is 33.1 Å². The Labute approximate surface area is 142 Å². The number of para-hydroxylation sites is 1. The monoisotopic (exact) mass is 336 g/mol. The molecule has 0 atom stereocenters. The van der Waals surface area contributed by atoms with Gasteiger partial charge in [-0.25, -0.2) is 14.5 Å². The van der Waals surface area contributed by atoms with Crippen LogP contribution >= 0.6 is 0 Å². The van der Waals surface area contributed by atoms with Gasteiger partial charge in [0.05, 0.1) is 22.2 Å². The van der Waals surface area contributed by atoms with Crippen LogP contribution in [0.1, 0.15) is 18.4 Å². The van der Waals surface area contributed by atoms with Gasteiger partial charge in [-0.05, 0) is 25.0 Å². The van der Waals surface area contributed by atoms with Crippen LogP contribution in [0.25, 0.3) is 16.6 Å². The molecule has 1 aliphatic carbocycles. The fraction of sp³-hybridized carbons (Fsp3) is 0.176. The molecule has 1 fully saturated rings. The van der Waals surface area contributed by atoms with Gasteiger partial charge in [0.15, 0.2) is 0 Å². The number of urea groups is 1. The molecule has 1 aliphatic rings. The molecule has 0 radical (unpaired) electrons. The molecule has 2 heterocycles. The first-order chi connectivity index (χ1) is 12.2. The second-order valence-electron chi connectivity index (χ2n) is 5.91. The highest BCUT2D eigenvalue weighted by molar-refractivity contribution is 6.04. The van der Waals surface area contributed by atoms with Crippen molar-refractivity contribution in [2.45, 2.75) is 18.9 Å². The summed E-state index contributed by atoms with van der Waals surface area (Å²) >= 11 is 0. The van der Waals surface area contributed by atoms with Crippen LogP contribution in [0.3, 0.4) is 0 Å². The number of rotatable bonds is 4. The zero-order valence-electron chi connectivity index (χ0n) is 13.2. The Morgan fingerprint density at radius 1 is 1.32 bits per heavy atom. The summed E-state index contributed by atoms with van der Waals surface area (Å²) in [4.78, 5) is 28.7. The topological polar surface area (TPSA) is 116 Å². The van der Waals surface area contributed by atoms with E-state index in [9.17, 15) is 9.59 Å². The SMILES string of the molecule is N=Cc1c(NC(=O)NC2CC2)ncc2c(=O)n(-c3ccccc3)[nH]c12. The number of carbonyl (C=O) groups is 1. The van der Waals surface area contributed by atoms with Gasteiger partial charge in [-0.15, -0.1) is 0 Å². The lowest BCUT2D eigenvalue weighted by Crippen LogP contribution is -2.31. The van der Waals surface area contributed by atoms with Crippen LogP contribution in [0, 0.1) is 5.41 Å². The van der Waals surface area contributed by atoms with E-state index < -0.39 is 0 Å². The lowest BCUT2D eigenvalue weighted by atomic mass is 10.2.